The number of hydrogen-bond donors (Lipinski definition) is 1. The second-order valence-electron chi connectivity index (χ2n) is 4.28. The highest BCUT2D eigenvalue weighted by atomic mass is 79.9. The van der Waals surface area contributed by atoms with Gasteiger partial charge in [-0.2, -0.15) is 5.10 Å². The summed E-state index contributed by atoms with van der Waals surface area (Å²) in [6.07, 6.45) is 3.37. The lowest BCUT2D eigenvalue weighted by atomic mass is 10.1. The third-order valence-electron chi connectivity index (χ3n) is 2.68. The Balaban J connectivity index is 2.39. The molecule has 0 saturated heterocycles. The number of nitrogens with one attached hydrogen (secondary N) is 1. The van der Waals surface area contributed by atoms with Crippen LogP contribution in [0.25, 0.3) is 0 Å². The lowest BCUT2D eigenvalue weighted by Gasteiger charge is -2.17. The van der Waals surface area contributed by atoms with E-state index in [9.17, 15) is 0 Å². The molecule has 0 amide bonds. The topological polar surface area (TPSA) is 55.6 Å². The van der Waals surface area contributed by atoms with Crippen LogP contribution in [0.1, 0.15) is 37.4 Å². The van der Waals surface area contributed by atoms with Crippen molar-refractivity contribution in [2.45, 2.75) is 25.9 Å². The van der Waals surface area contributed by atoms with Crippen LogP contribution in [-0.4, -0.2) is 26.8 Å². The third-order valence-corrected chi connectivity index (χ3v) is 3.15. The lowest BCUT2D eigenvalue weighted by Crippen LogP contribution is -2.24. The Bertz CT molecular complexity index is 505. The van der Waals surface area contributed by atoms with Gasteiger partial charge in [0.15, 0.2) is 0 Å². The molecule has 1 N–H and O–H groups in total. The second-order valence-corrected chi connectivity index (χ2v) is 5.20. The summed E-state index contributed by atoms with van der Waals surface area (Å²) < 4.78 is 2.87. The molecule has 96 valence electrons. The molecular weight excluding hydrogens is 294 g/mol. The van der Waals surface area contributed by atoms with Crippen LogP contribution in [0, 0.1) is 0 Å². The zero-order valence-corrected chi connectivity index (χ0v) is 12.2. The van der Waals surface area contributed by atoms with Crippen LogP contribution in [-0.2, 0) is 0 Å². The third kappa shape index (κ3) is 2.59. The maximum atomic E-state index is 4.42. The van der Waals surface area contributed by atoms with E-state index in [1.165, 1.54) is 0 Å². The van der Waals surface area contributed by atoms with E-state index in [0.29, 0.717) is 0 Å². The quantitative estimate of drug-likeness (QED) is 0.941. The number of hydrogen-bond acceptors (Lipinski definition) is 4. The smallest absolute Gasteiger partial charge is 0.150 e. The molecule has 1 atom stereocenters. The van der Waals surface area contributed by atoms with Crippen molar-refractivity contribution in [3.05, 3.63) is 40.6 Å². The van der Waals surface area contributed by atoms with Gasteiger partial charge in [0, 0.05) is 16.7 Å². The Hall–Kier alpha value is -1.27. The largest absolute Gasteiger partial charge is 0.305 e. The van der Waals surface area contributed by atoms with Crippen molar-refractivity contribution in [1.82, 2.24) is 25.1 Å². The highest BCUT2D eigenvalue weighted by Crippen LogP contribution is 2.21. The van der Waals surface area contributed by atoms with E-state index in [-0.39, 0.29) is 12.1 Å². The minimum atomic E-state index is -0.0528. The van der Waals surface area contributed by atoms with E-state index in [2.05, 4.69) is 50.2 Å². The normalized spacial score (nSPS) is 12.9. The fraction of sp³-hybridized carbons (Fsp3) is 0.417. The van der Waals surface area contributed by atoms with Crippen LogP contribution < -0.4 is 5.32 Å². The summed E-state index contributed by atoms with van der Waals surface area (Å²) in [6.45, 7) is 4.17. The summed E-state index contributed by atoms with van der Waals surface area (Å²) in [4.78, 5) is 8.76. The Morgan fingerprint density at radius 2 is 2.06 bits per heavy atom. The van der Waals surface area contributed by atoms with Crippen molar-refractivity contribution in [1.29, 1.82) is 0 Å². The Morgan fingerprint density at radius 1 is 1.28 bits per heavy atom. The van der Waals surface area contributed by atoms with E-state index in [4.69, 9.17) is 0 Å². The fourth-order valence-electron chi connectivity index (χ4n) is 1.83. The fourth-order valence-corrected chi connectivity index (χ4v) is 2.07. The van der Waals surface area contributed by atoms with Crippen molar-refractivity contribution < 1.29 is 0 Å². The molecule has 0 spiro atoms. The number of aromatic nitrogens is 4. The first-order chi connectivity index (χ1) is 8.63. The van der Waals surface area contributed by atoms with Crippen LogP contribution in [0.2, 0.25) is 0 Å². The maximum absolute atomic E-state index is 4.42. The zero-order valence-electron chi connectivity index (χ0n) is 10.6. The van der Waals surface area contributed by atoms with Gasteiger partial charge in [0.1, 0.15) is 18.2 Å². The van der Waals surface area contributed by atoms with E-state index >= 15 is 0 Å². The van der Waals surface area contributed by atoms with Gasteiger partial charge in [-0.3, -0.25) is 4.98 Å². The number of rotatable bonds is 4. The van der Waals surface area contributed by atoms with Gasteiger partial charge in [-0.15, -0.1) is 0 Å². The molecule has 0 aromatic carbocycles. The highest BCUT2D eigenvalue weighted by molar-refractivity contribution is 9.10. The monoisotopic (exact) mass is 309 g/mol. The first-order valence-electron chi connectivity index (χ1n) is 5.81. The predicted octanol–water partition coefficient (Wildman–Crippen LogP) is 2.33. The van der Waals surface area contributed by atoms with E-state index < -0.39 is 0 Å². The van der Waals surface area contributed by atoms with Crippen LogP contribution in [0.5, 0.6) is 0 Å². The molecule has 1 unspecified atom stereocenters. The predicted molar refractivity (Wildman–Crippen MR) is 73.2 cm³/mol. The number of halogens is 1. The molecule has 0 radical (unpaired) electrons. The average Bonchev–Trinajstić information content (AvgIpc) is 2.82. The van der Waals surface area contributed by atoms with Gasteiger partial charge in [0.2, 0.25) is 0 Å². The van der Waals surface area contributed by atoms with Crippen molar-refractivity contribution in [3.63, 3.8) is 0 Å². The SMILES string of the molecule is CNC(c1ccc(Br)cn1)c1ncnn1C(C)C. The summed E-state index contributed by atoms with van der Waals surface area (Å²) in [5.74, 6) is 0.877. The molecular formula is C12H16BrN5. The lowest BCUT2D eigenvalue weighted by molar-refractivity contribution is 0.474. The summed E-state index contributed by atoms with van der Waals surface area (Å²) in [6, 6.07) is 4.17. The minimum Gasteiger partial charge on any atom is -0.305 e. The van der Waals surface area contributed by atoms with Gasteiger partial charge in [-0.05, 0) is 49.0 Å². The summed E-state index contributed by atoms with van der Waals surface area (Å²) in [7, 11) is 1.90. The number of pyridine rings is 1. The van der Waals surface area contributed by atoms with Crippen molar-refractivity contribution in [2.24, 2.45) is 0 Å². The molecule has 2 rings (SSSR count). The molecule has 18 heavy (non-hydrogen) atoms. The molecule has 2 aromatic rings. The first-order valence-corrected chi connectivity index (χ1v) is 6.61. The molecule has 0 bridgehead atoms. The zero-order chi connectivity index (χ0) is 13.1. The molecule has 0 aliphatic rings. The highest BCUT2D eigenvalue weighted by Gasteiger charge is 2.20. The standard InChI is InChI=1S/C12H16BrN5/c1-8(2)18-12(16-7-17-18)11(14-3)10-5-4-9(13)6-15-10/h4-8,11,14H,1-3H3. The maximum Gasteiger partial charge on any atom is 0.150 e. The van der Waals surface area contributed by atoms with Gasteiger partial charge in [0.25, 0.3) is 0 Å². The Morgan fingerprint density at radius 3 is 2.61 bits per heavy atom. The van der Waals surface area contributed by atoms with Crippen LogP contribution in [0.4, 0.5) is 0 Å². The van der Waals surface area contributed by atoms with Crippen molar-refractivity contribution in [2.75, 3.05) is 7.05 Å². The summed E-state index contributed by atoms with van der Waals surface area (Å²) >= 11 is 3.39. The van der Waals surface area contributed by atoms with Crippen LogP contribution in [0.15, 0.2) is 29.1 Å². The summed E-state index contributed by atoms with van der Waals surface area (Å²) in [5, 5.41) is 7.49. The molecule has 2 aromatic heterocycles. The second kappa shape index (κ2) is 5.58. The number of nitrogens with zero attached hydrogens (tertiary/aromatic N) is 4. The van der Waals surface area contributed by atoms with Gasteiger partial charge < -0.3 is 5.32 Å². The first kappa shape index (κ1) is 13.2. The molecule has 6 heteroatoms. The summed E-state index contributed by atoms with van der Waals surface area (Å²) in [5.41, 5.74) is 0.926. The van der Waals surface area contributed by atoms with Gasteiger partial charge in [-0.1, -0.05) is 0 Å². The Labute approximate surface area is 115 Å². The van der Waals surface area contributed by atoms with E-state index in [1.807, 2.05) is 23.9 Å². The molecule has 5 nitrogen and oxygen atoms in total. The molecule has 0 fully saturated rings. The van der Waals surface area contributed by atoms with Crippen molar-refractivity contribution in [3.8, 4) is 0 Å². The molecule has 0 aliphatic carbocycles. The van der Waals surface area contributed by atoms with E-state index in [0.717, 1.165) is 16.0 Å². The van der Waals surface area contributed by atoms with Crippen molar-refractivity contribution >= 4 is 15.9 Å². The molecule has 0 saturated carbocycles. The average molecular weight is 310 g/mol. The van der Waals surface area contributed by atoms with Gasteiger partial charge in [0.05, 0.1) is 5.69 Å². The molecule has 2 heterocycles. The Kier molecular flexibility index (Phi) is 4.08. The van der Waals surface area contributed by atoms with Crippen LogP contribution >= 0.6 is 15.9 Å². The van der Waals surface area contributed by atoms with Gasteiger partial charge in [-0.25, -0.2) is 9.67 Å². The van der Waals surface area contributed by atoms with Gasteiger partial charge >= 0.3 is 0 Å². The van der Waals surface area contributed by atoms with Crippen LogP contribution in [0.3, 0.4) is 0 Å². The minimum absolute atomic E-state index is 0.0528. The van der Waals surface area contributed by atoms with E-state index in [1.54, 1.807) is 12.5 Å². The molecule has 0 aliphatic heterocycles.